The molecule has 1 amide bonds. The van der Waals surface area contributed by atoms with Crippen molar-refractivity contribution in [3.05, 3.63) is 29.6 Å². The minimum Gasteiger partial charge on any atom is -0.376 e. The summed E-state index contributed by atoms with van der Waals surface area (Å²) in [5, 5.41) is 2.46. The molecule has 1 fully saturated rings. The summed E-state index contributed by atoms with van der Waals surface area (Å²) >= 11 is 0. The lowest BCUT2D eigenvalue weighted by Gasteiger charge is -2.22. The van der Waals surface area contributed by atoms with Crippen LogP contribution in [-0.4, -0.2) is 43.4 Å². The van der Waals surface area contributed by atoms with Crippen molar-refractivity contribution in [2.75, 3.05) is 26.4 Å². The van der Waals surface area contributed by atoms with Crippen LogP contribution in [-0.2, 0) is 9.47 Å². The third-order valence-electron chi connectivity index (χ3n) is 2.40. The van der Waals surface area contributed by atoms with E-state index in [4.69, 9.17) is 9.47 Å². The van der Waals surface area contributed by atoms with Gasteiger partial charge in [-0.2, -0.15) is 0 Å². The van der Waals surface area contributed by atoms with E-state index in [9.17, 15) is 13.6 Å². The van der Waals surface area contributed by atoms with Crippen LogP contribution in [0, 0.1) is 11.6 Å². The first-order valence-corrected chi connectivity index (χ1v) is 5.45. The number of amides is 1. The number of rotatable bonds is 3. The van der Waals surface area contributed by atoms with Crippen LogP contribution in [0.4, 0.5) is 8.78 Å². The molecule has 1 unspecified atom stereocenters. The fourth-order valence-corrected chi connectivity index (χ4v) is 1.53. The molecule has 0 aliphatic carbocycles. The summed E-state index contributed by atoms with van der Waals surface area (Å²) in [6.45, 7) is 1.55. The molecular formula is C11H12F2N2O3. The minimum absolute atomic E-state index is 0.192. The highest BCUT2D eigenvalue weighted by molar-refractivity contribution is 5.92. The highest BCUT2D eigenvalue weighted by atomic mass is 19.1. The van der Waals surface area contributed by atoms with Gasteiger partial charge in [-0.15, -0.1) is 0 Å². The van der Waals surface area contributed by atoms with E-state index in [1.54, 1.807) is 0 Å². The van der Waals surface area contributed by atoms with Gasteiger partial charge in [0.15, 0.2) is 11.5 Å². The summed E-state index contributed by atoms with van der Waals surface area (Å²) in [5.41, 5.74) is -0.437. The van der Waals surface area contributed by atoms with Gasteiger partial charge in [-0.05, 0) is 0 Å². The van der Waals surface area contributed by atoms with E-state index in [2.05, 4.69) is 10.3 Å². The summed E-state index contributed by atoms with van der Waals surface area (Å²) in [4.78, 5) is 15.0. The fraction of sp³-hybridized carbons (Fsp3) is 0.455. The Morgan fingerprint density at radius 1 is 1.50 bits per heavy atom. The van der Waals surface area contributed by atoms with Crippen LogP contribution in [0.3, 0.4) is 0 Å². The number of nitrogens with zero attached hydrogens (tertiary/aromatic N) is 1. The SMILES string of the molecule is O=C(NCC1COCCO1)c1ncc(F)cc1F. The normalized spacial score (nSPS) is 19.6. The number of hydrogen-bond donors (Lipinski definition) is 1. The van der Waals surface area contributed by atoms with Gasteiger partial charge in [-0.3, -0.25) is 4.79 Å². The maximum Gasteiger partial charge on any atom is 0.273 e. The van der Waals surface area contributed by atoms with Gasteiger partial charge in [0.05, 0.1) is 32.1 Å². The fourth-order valence-electron chi connectivity index (χ4n) is 1.53. The molecule has 1 atom stereocenters. The Morgan fingerprint density at radius 2 is 2.33 bits per heavy atom. The average molecular weight is 258 g/mol. The van der Waals surface area contributed by atoms with Gasteiger partial charge in [-0.25, -0.2) is 13.8 Å². The molecule has 1 aromatic heterocycles. The van der Waals surface area contributed by atoms with Crippen molar-refractivity contribution in [1.29, 1.82) is 0 Å². The molecule has 0 radical (unpaired) electrons. The van der Waals surface area contributed by atoms with E-state index in [0.29, 0.717) is 25.9 Å². The van der Waals surface area contributed by atoms with Crippen molar-refractivity contribution in [3.63, 3.8) is 0 Å². The standard InChI is InChI=1S/C11H12F2N2O3/c12-7-3-9(13)10(14-4-7)11(16)15-5-8-6-17-1-2-18-8/h3-4,8H,1-2,5-6H2,(H,15,16). The summed E-state index contributed by atoms with van der Waals surface area (Å²) in [7, 11) is 0. The van der Waals surface area contributed by atoms with E-state index in [-0.39, 0.29) is 12.6 Å². The summed E-state index contributed by atoms with van der Waals surface area (Å²) in [5.74, 6) is -2.52. The van der Waals surface area contributed by atoms with Crippen LogP contribution >= 0.6 is 0 Å². The van der Waals surface area contributed by atoms with Gasteiger partial charge < -0.3 is 14.8 Å². The third-order valence-corrected chi connectivity index (χ3v) is 2.40. The Balaban J connectivity index is 1.90. The molecule has 1 aromatic rings. The zero-order valence-corrected chi connectivity index (χ0v) is 9.49. The second kappa shape index (κ2) is 5.83. The van der Waals surface area contributed by atoms with Crippen LogP contribution in [0.25, 0.3) is 0 Å². The van der Waals surface area contributed by atoms with Crippen molar-refractivity contribution in [2.24, 2.45) is 0 Å². The Kier molecular flexibility index (Phi) is 4.16. The Labute approximate surface area is 102 Å². The van der Waals surface area contributed by atoms with Crippen molar-refractivity contribution in [2.45, 2.75) is 6.10 Å². The second-order valence-corrected chi connectivity index (χ2v) is 3.76. The summed E-state index contributed by atoms with van der Waals surface area (Å²) < 4.78 is 36.3. The van der Waals surface area contributed by atoms with E-state index in [1.807, 2.05) is 0 Å². The minimum atomic E-state index is -0.992. The second-order valence-electron chi connectivity index (χ2n) is 3.76. The predicted molar refractivity (Wildman–Crippen MR) is 57.0 cm³/mol. The Hall–Kier alpha value is -1.60. The molecule has 98 valence electrons. The van der Waals surface area contributed by atoms with Gasteiger partial charge >= 0.3 is 0 Å². The maximum absolute atomic E-state index is 13.2. The van der Waals surface area contributed by atoms with Crippen LogP contribution < -0.4 is 5.32 Å². The van der Waals surface area contributed by atoms with E-state index in [0.717, 1.165) is 6.20 Å². The molecular weight excluding hydrogens is 246 g/mol. The molecule has 7 heteroatoms. The molecule has 18 heavy (non-hydrogen) atoms. The quantitative estimate of drug-likeness (QED) is 0.858. The smallest absolute Gasteiger partial charge is 0.273 e. The van der Waals surface area contributed by atoms with E-state index < -0.39 is 23.2 Å². The lowest BCUT2D eigenvalue weighted by molar-refractivity contribution is -0.0855. The number of pyridine rings is 1. The zero-order valence-electron chi connectivity index (χ0n) is 9.49. The number of ether oxygens (including phenoxy) is 2. The number of hydrogen-bond acceptors (Lipinski definition) is 4. The molecule has 1 aliphatic rings. The Morgan fingerprint density at radius 3 is 3.00 bits per heavy atom. The van der Waals surface area contributed by atoms with Crippen molar-refractivity contribution in [3.8, 4) is 0 Å². The molecule has 5 nitrogen and oxygen atoms in total. The van der Waals surface area contributed by atoms with Crippen molar-refractivity contribution >= 4 is 5.91 Å². The monoisotopic (exact) mass is 258 g/mol. The number of carbonyl (C=O) groups is 1. The number of nitrogens with one attached hydrogen (secondary N) is 1. The molecule has 1 N–H and O–H groups in total. The van der Waals surface area contributed by atoms with Crippen LogP contribution in [0.1, 0.15) is 10.5 Å². The molecule has 1 aliphatic heterocycles. The predicted octanol–water partition coefficient (Wildman–Crippen LogP) is 0.505. The summed E-state index contributed by atoms with van der Waals surface area (Å²) in [6.07, 6.45) is 0.532. The maximum atomic E-state index is 13.2. The van der Waals surface area contributed by atoms with Crippen LogP contribution in [0.5, 0.6) is 0 Å². The zero-order chi connectivity index (χ0) is 13.0. The first-order chi connectivity index (χ1) is 8.66. The Bertz CT molecular complexity index is 436. The van der Waals surface area contributed by atoms with Gasteiger partial charge in [0.1, 0.15) is 5.82 Å². The molecule has 0 bridgehead atoms. The lowest BCUT2D eigenvalue weighted by Crippen LogP contribution is -2.40. The summed E-state index contributed by atoms with van der Waals surface area (Å²) in [6, 6.07) is 0.613. The van der Waals surface area contributed by atoms with Crippen LogP contribution in [0.15, 0.2) is 12.3 Å². The van der Waals surface area contributed by atoms with E-state index >= 15 is 0 Å². The molecule has 0 aromatic carbocycles. The van der Waals surface area contributed by atoms with Crippen molar-refractivity contribution < 1.29 is 23.0 Å². The highest BCUT2D eigenvalue weighted by Crippen LogP contribution is 2.06. The first-order valence-electron chi connectivity index (χ1n) is 5.45. The number of carbonyl (C=O) groups excluding carboxylic acids is 1. The molecule has 0 saturated carbocycles. The van der Waals surface area contributed by atoms with Gasteiger partial charge in [0.25, 0.3) is 5.91 Å². The highest BCUT2D eigenvalue weighted by Gasteiger charge is 2.18. The molecule has 0 spiro atoms. The first kappa shape index (κ1) is 12.8. The number of aromatic nitrogens is 1. The van der Waals surface area contributed by atoms with Gasteiger partial charge in [0, 0.05) is 12.6 Å². The van der Waals surface area contributed by atoms with Crippen molar-refractivity contribution in [1.82, 2.24) is 10.3 Å². The molecule has 2 heterocycles. The van der Waals surface area contributed by atoms with Gasteiger partial charge in [0.2, 0.25) is 0 Å². The topological polar surface area (TPSA) is 60.5 Å². The van der Waals surface area contributed by atoms with Gasteiger partial charge in [-0.1, -0.05) is 0 Å². The molecule has 1 saturated heterocycles. The van der Waals surface area contributed by atoms with E-state index in [1.165, 1.54) is 0 Å². The third kappa shape index (κ3) is 3.21. The van der Waals surface area contributed by atoms with Crippen LogP contribution in [0.2, 0.25) is 0 Å². The lowest BCUT2D eigenvalue weighted by atomic mass is 10.3. The largest absolute Gasteiger partial charge is 0.376 e. The number of halogens is 2. The molecule has 2 rings (SSSR count). The average Bonchev–Trinajstić information content (AvgIpc) is 2.37.